The molecule has 0 heterocycles. The summed E-state index contributed by atoms with van der Waals surface area (Å²) in [6.45, 7) is -3.58. The van der Waals surface area contributed by atoms with Crippen LogP contribution < -0.4 is 11.2 Å². The molecular weight excluding hydrogens is 220 g/mol. The Bertz CT molecular complexity index is 451. The summed E-state index contributed by atoms with van der Waals surface area (Å²) in [6.07, 6.45) is 0. The molecule has 0 radical (unpaired) electrons. The van der Waals surface area contributed by atoms with Crippen LogP contribution in [0.4, 0.5) is 18.6 Å². The predicted molar refractivity (Wildman–Crippen MR) is 56.6 cm³/mol. The average molecular weight is 229 g/mol. The van der Waals surface area contributed by atoms with E-state index in [2.05, 4.69) is 10.0 Å². The molecule has 16 heavy (non-hydrogen) atoms. The normalized spacial score (nSPS) is 11.1. The van der Waals surface area contributed by atoms with E-state index in [9.17, 15) is 12.9 Å². The third-order valence-electron chi connectivity index (χ3n) is 2.26. The van der Waals surface area contributed by atoms with Gasteiger partial charge in [0.25, 0.3) is 0 Å². The first kappa shape index (κ1) is 12.4. The number of azide groups is 1. The molecule has 2 N–H and O–H groups in total. The number of nitrogens with zero attached hydrogens (tertiary/aromatic N) is 3. The maximum absolute atomic E-state index is 12.5. The zero-order valence-electron chi connectivity index (χ0n) is 8.49. The number of nitrogens with two attached hydrogens (primary N) is 1. The first-order valence-corrected chi connectivity index (χ1v) is 4.48. The Morgan fingerprint density at radius 2 is 2.06 bits per heavy atom. The molecule has 0 atom stereocenters. The highest BCUT2D eigenvalue weighted by Crippen LogP contribution is 2.23. The molecule has 0 aliphatic heterocycles. The van der Waals surface area contributed by atoms with Gasteiger partial charge in [0, 0.05) is 17.1 Å². The Kier molecular flexibility index (Phi) is 3.46. The maximum atomic E-state index is 12.5. The van der Waals surface area contributed by atoms with Crippen molar-refractivity contribution in [3.63, 3.8) is 0 Å². The SMILES string of the molecule is Cc1c(CN)cc([B-](F)(F)F)cc1N=[N+]=[N-]. The molecule has 0 saturated carbocycles. The summed E-state index contributed by atoms with van der Waals surface area (Å²) in [7, 11) is 0. The van der Waals surface area contributed by atoms with Gasteiger partial charge in [-0.1, -0.05) is 17.2 Å². The van der Waals surface area contributed by atoms with E-state index in [1.807, 2.05) is 0 Å². The van der Waals surface area contributed by atoms with E-state index < -0.39 is 12.4 Å². The molecule has 0 bridgehead atoms. The number of rotatable bonds is 3. The van der Waals surface area contributed by atoms with E-state index in [1.165, 1.54) is 0 Å². The van der Waals surface area contributed by atoms with Crippen LogP contribution in [-0.4, -0.2) is 6.98 Å². The molecule has 1 aromatic rings. The first-order valence-electron chi connectivity index (χ1n) is 4.48. The molecule has 0 aliphatic rings. The Morgan fingerprint density at radius 1 is 1.44 bits per heavy atom. The van der Waals surface area contributed by atoms with Gasteiger partial charge in [-0.3, -0.25) is 0 Å². The summed E-state index contributed by atoms with van der Waals surface area (Å²) >= 11 is 0. The van der Waals surface area contributed by atoms with Crippen LogP contribution >= 0.6 is 0 Å². The third-order valence-corrected chi connectivity index (χ3v) is 2.26. The van der Waals surface area contributed by atoms with Crippen molar-refractivity contribution < 1.29 is 12.9 Å². The first-order chi connectivity index (χ1) is 7.40. The molecule has 4 nitrogen and oxygen atoms in total. The fourth-order valence-electron chi connectivity index (χ4n) is 1.33. The lowest BCUT2D eigenvalue weighted by Crippen LogP contribution is -2.34. The largest absolute Gasteiger partial charge is 0.509 e. The smallest absolute Gasteiger partial charge is 0.445 e. The molecule has 0 aromatic heterocycles. The summed E-state index contributed by atoms with van der Waals surface area (Å²) in [5.74, 6) is 0. The van der Waals surface area contributed by atoms with Crippen LogP contribution in [0.3, 0.4) is 0 Å². The van der Waals surface area contributed by atoms with E-state index in [1.54, 1.807) is 6.92 Å². The molecule has 1 rings (SSSR count). The van der Waals surface area contributed by atoms with E-state index >= 15 is 0 Å². The topological polar surface area (TPSA) is 74.8 Å². The predicted octanol–water partition coefficient (Wildman–Crippen LogP) is 2.45. The number of halogens is 3. The van der Waals surface area contributed by atoms with Crippen LogP contribution in [-0.2, 0) is 6.54 Å². The van der Waals surface area contributed by atoms with Crippen LogP contribution in [0.5, 0.6) is 0 Å². The molecule has 0 aliphatic carbocycles. The van der Waals surface area contributed by atoms with Gasteiger partial charge in [-0.2, -0.15) is 0 Å². The highest BCUT2D eigenvalue weighted by Gasteiger charge is 2.26. The number of benzene rings is 1. The van der Waals surface area contributed by atoms with Crippen LogP contribution in [0, 0.1) is 6.92 Å². The Labute approximate surface area is 89.9 Å². The highest BCUT2D eigenvalue weighted by molar-refractivity contribution is 6.73. The second-order valence-corrected chi connectivity index (χ2v) is 3.29. The van der Waals surface area contributed by atoms with Crippen LogP contribution in [0.1, 0.15) is 11.1 Å². The van der Waals surface area contributed by atoms with Gasteiger partial charge >= 0.3 is 6.98 Å². The van der Waals surface area contributed by atoms with Crippen molar-refractivity contribution >= 4 is 18.1 Å². The Hall–Kier alpha value is -1.66. The maximum Gasteiger partial charge on any atom is 0.509 e. The Balaban J connectivity index is 3.46. The molecule has 0 amide bonds. The van der Waals surface area contributed by atoms with Gasteiger partial charge in [-0.25, -0.2) is 0 Å². The minimum atomic E-state index is -5.12. The lowest BCUT2D eigenvalue weighted by atomic mass is 9.78. The summed E-state index contributed by atoms with van der Waals surface area (Å²) in [5, 5.41) is 3.22. The van der Waals surface area contributed by atoms with E-state index in [0.717, 1.165) is 12.1 Å². The van der Waals surface area contributed by atoms with Crippen LogP contribution in [0.2, 0.25) is 0 Å². The van der Waals surface area contributed by atoms with Gasteiger partial charge in [0.2, 0.25) is 0 Å². The van der Waals surface area contributed by atoms with Gasteiger partial charge in [0.15, 0.2) is 0 Å². The van der Waals surface area contributed by atoms with Crippen molar-refractivity contribution in [3.05, 3.63) is 33.7 Å². The fourth-order valence-corrected chi connectivity index (χ4v) is 1.33. The van der Waals surface area contributed by atoms with Crippen molar-refractivity contribution in [2.45, 2.75) is 13.5 Å². The molecule has 86 valence electrons. The lowest BCUT2D eigenvalue weighted by molar-refractivity contribution is 0.501. The van der Waals surface area contributed by atoms with Crippen molar-refractivity contribution in [1.82, 2.24) is 0 Å². The van der Waals surface area contributed by atoms with Crippen molar-refractivity contribution in [2.24, 2.45) is 10.8 Å². The number of hydrogen-bond acceptors (Lipinski definition) is 2. The van der Waals surface area contributed by atoms with Gasteiger partial charge in [0.1, 0.15) is 0 Å². The third kappa shape index (κ3) is 2.47. The fraction of sp³-hybridized carbons (Fsp3) is 0.250. The van der Waals surface area contributed by atoms with Gasteiger partial charge in [-0.05, 0) is 23.6 Å². The zero-order chi connectivity index (χ0) is 12.3. The summed E-state index contributed by atoms with van der Waals surface area (Å²) < 4.78 is 37.6. The summed E-state index contributed by atoms with van der Waals surface area (Å²) in [4.78, 5) is 2.49. The highest BCUT2D eigenvalue weighted by atomic mass is 19.4. The molecule has 0 spiro atoms. The monoisotopic (exact) mass is 229 g/mol. The lowest BCUT2D eigenvalue weighted by Gasteiger charge is -2.18. The molecular formula is C8H9BF3N4-. The summed E-state index contributed by atoms with van der Waals surface area (Å²) in [6, 6.07) is 1.83. The van der Waals surface area contributed by atoms with Crippen LogP contribution in [0.15, 0.2) is 17.2 Å². The second kappa shape index (κ2) is 4.46. The van der Waals surface area contributed by atoms with Crippen molar-refractivity contribution in [2.75, 3.05) is 0 Å². The standard InChI is InChI=1S/C8H9BF3N4/c1-5-6(4-13)2-7(9(10,11)12)3-8(5)15-16-14/h2-3H,4,13H2,1H3/q-1. The van der Waals surface area contributed by atoms with Gasteiger partial charge < -0.3 is 18.7 Å². The number of hydrogen-bond donors (Lipinski definition) is 1. The minimum absolute atomic E-state index is 0.0280. The molecule has 1 aromatic carbocycles. The van der Waals surface area contributed by atoms with E-state index in [0.29, 0.717) is 11.1 Å². The zero-order valence-corrected chi connectivity index (χ0v) is 8.49. The van der Waals surface area contributed by atoms with E-state index in [-0.39, 0.29) is 12.2 Å². The van der Waals surface area contributed by atoms with Crippen molar-refractivity contribution in [3.8, 4) is 0 Å². The minimum Gasteiger partial charge on any atom is -0.445 e. The second-order valence-electron chi connectivity index (χ2n) is 3.29. The quantitative estimate of drug-likeness (QED) is 0.367. The molecule has 8 heteroatoms. The Morgan fingerprint density at radius 3 is 2.50 bits per heavy atom. The molecule has 0 saturated heterocycles. The van der Waals surface area contributed by atoms with Gasteiger partial charge in [-0.15, -0.1) is 5.46 Å². The summed E-state index contributed by atoms with van der Waals surface area (Å²) in [5.41, 5.74) is 13.6. The van der Waals surface area contributed by atoms with Crippen molar-refractivity contribution in [1.29, 1.82) is 0 Å². The van der Waals surface area contributed by atoms with Gasteiger partial charge in [0.05, 0.1) is 0 Å². The van der Waals surface area contributed by atoms with Crippen LogP contribution in [0.25, 0.3) is 10.4 Å². The average Bonchev–Trinajstić information content (AvgIpc) is 2.19. The van der Waals surface area contributed by atoms with E-state index in [4.69, 9.17) is 11.3 Å². The molecule has 0 unspecified atom stereocenters. The molecule has 0 fully saturated rings.